The quantitative estimate of drug-likeness (QED) is 0.900. The van der Waals surface area contributed by atoms with Gasteiger partial charge in [0.15, 0.2) is 0 Å². The number of aryl methyl sites for hydroxylation is 1. The van der Waals surface area contributed by atoms with Gasteiger partial charge in [0.1, 0.15) is 17.4 Å². The van der Waals surface area contributed by atoms with Crippen molar-refractivity contribution in [3.8, 4) is 5.75 Å². The molecule has 0 aliphatic carbocycles. The van der Waals surface area contributed by atoms with Crippen molar-refractivity contribution in [3.05, 3.63) is 53.6 Å². The summed E-state index contributed by atoms with van der Waals surface area (Å²) < 4.78 is 31.1. The van der Waals surface area contributed by atoms with Crippen LogP contribution in [-0.2, 0) is 0 Å². The summed E-state index contributed by atoms with van der Waals surface area (Å²) in [5.74, 6) is -0.845. The molecule has 2 rings (SSSR count). The van der Waals surface area contributed by atoms with Gasteiger partial charge in [-0.3, -0.25) is 0 Å². The fourth-order valence-corrected chi connectivity index (χ4v) is 1.81. The third-order valence-corrected chi connectivity index (χ3v) is 2.80. The number of ether oxygens (including phenoxy) is 1. The predicted molar refractivity (Wildman–Crippen MR) is 76.7 cm³/mol. The lowest BCUT2D eigenvalue weighted by molar-refractivity contribution is 0.262. The number of methoxy groups -OCH3 is 1. The van der Waals surface area contributed by atoms with Crippen LogP contribution in [0.3, 0.4) is 0 Å². The molecule has 0 radical (unpaired) electrons. The Balaban J connectivity index is 2.08. The van der Waals surface area contributed by atoms with Crippen LogP contribution in [0.25, 0.3) is 0 Å². The third kappa shape index (κ3) is 3.92. The van der Waals surface area contributed by atoms with E-state index in [9.17, 15) is 13.6 Å². The number of anilines is 2. The molecule has 0 saturated carbocycles. The van der Waals surface area contributed by atoms with Crippen LogP contribution in [0.1, 0.15) is 5.56 Å². The van der Waals surface area contributed by atoms with Gasteiger partial charge >= 0.3 is 6.03 Å². The zero-order chi connectivity index (χ0) is 15.4. The predicted octanol–water partition coefficient (Wildman–Crippen LogP) is 3.93. The summed E-state index contributed by atoms with van der Waals surface area (Å²) in [6.45, 7) is 1.81. The monoisotopic (exact) mass is 292 g/mol. The Kier molecular flexibility index (Phi) is 4.37. The lowest BCUT2D eigenvalue weighted by atomic mass is 10.2. The van der Waals surface area contributed by atoms with Crippen LogP contribution in [0.2, 0.25) is 0 Å². The standard InChI is InChI=1S/C15H14F2N2O2/c1-9-5-13(21-2)3-4-14(9)19-15(20)18-12-7-10(16)6-11(17)8-12/h3-8H,1-2H3,(H2,18,19,20). The first-order valence-corrected chi connectivity index (χ1v) is 6.16. The van der Waals surface area contributed by atoms with Crippen molar-refractivity contribution in [3.63, 3.8) is 0 Å². The van der Waals surface area contributed by atoms with Crippen molar-refractivity contribution in [1.29, 1.82) is 0 Å². The maximum absolute atomic E-state index is 13.0. The van der Waals surface area contributed by atoms with E-state index in [-0.39, 0.29) is 5.69 Å². The van der Waals surface area contributed by atoms with Crippen molar-refractivity contribution >= 4 is 17.4 Å². The lowest BCUT2D eigenvalue weighted by Crippen LogP contribution is -2.20. The van der Waals surface area contributed by atoms with Gasteiger partial charge in [0, 0.05) is 17.4 Å². The maximum Gasteiger partial charge on any atom is 0.323 e. The van der Waals surface area contributed by atoms with E-state index in [0.29, 0.717) is 11.4 Å². The number of halogens is 2. The molecule has 2 aromatic carbocycles. The molecule has 2 aromatic rings. The number of amides is 2. The second kappa shape index (κ2) is 6.21. The van der Waals surface area contributed by atoms with E-state index in [1.165, 1.54) is 0 Å². The molecule has 0 aliphatic heterocycles. The first-order chi connectivity index (χ1) is 9.97. The highest BCUT2D eigenvalue weighted by Crippen LogP contribution is 2.21. The summed E-state index contributed by atoms with van der Waals surface area (Å²) in [7, 11) is 1.55. The van der Waals surface area contributed by atoms with Crippen LogP contribution in [0.15, 0.2) is 36.4 Å². The van der Waals surface area contributed by atoms with E-state index in [0.717, 1.165) is 23.8 Å². The summed E-state index contributed by atoms with van der Waals surface area (Å²) >= 11 is 0. The Morgan fingerprint density at radius 2 is 1.71 bits per heavy atom. The smallest absolute Gasteiger partial charge is 0.323 e. The Morgan fingerprint density at radius 3 is 2.29 bits per heavy atom. The van der Waals surface area contributed by atoms with Crippen LogP contribution < -0.4 is 15.4 Å². The van der Waals surface area contributed by atoms with Gasteiger partial charge in [-0.25, -0.2) is 13.6 Å². The molecular weight excluding hydrogens is 278 g/mol. The van der Waals surface area contributed by atoms with Gasteiger partial charge in [-0.15, -0.1) is 0 Å². The van der Waals surface area contributed by atoms with Crippen LogP contribution in [0, 0.1) is 18.6 Å². The zero-order valence-corrected chi connectivity index (χ0v) is 11.5. The second-order valence-corrected chi connectivity index (χ2v) is 4.42. The molecule has 0 aliphatic rings. The van der Waals surface area contributed by atoms with Gasteiger partial charge < -0.3 is 15.4 Å². The Labute approximate surface area is 120 Å². The van der Waals surface area contributed by atoms with Crippen LogP contribution in [0.4, 0.5) is 25.0 Å². The number of urea groups is 1. The molecule has 21 heavy (non-hydrogen) atoms. The molecule has 2 N–H and O–H groups in total. The van der Waals surface area contributed by atoms with Crippen molar-refractivity contribution in [2.24, 2.45) is 0 Å². The number of benzene rings is 2. The zero-order valence-electron chi connectivity index (χ0n) is 11.5. The molecule has 0 saturated heterocycles. The fraction of sp³-hybridized carbons (Fsp3) is 0.133. The van der Waals surface area contributed by atoms with Gasteiger partial charge in [0.2, 0.25) is 0 Å². The number of carbonyl (C=O) groups is 1. The molecule has 0 aromatic heterocycles. The van der Waals surface area contributed by atoms with E-state index >= 15 is 0 Å². The fourth-order valence-electron chi connectivity index (χ4n) is 1.81. The number of rotatable bonds is 3. The first kappa shape index (κ1) is 14.8. The van der Waals surface area contributed by atoms with Gasteiger partial charge in [0.05, 0.1) is 7.11 Å². The average molecular weight is 292 g/mol. The van der Waals surface area contributed by atoms with Crippen molar-refractivity contribution in [2.75, 3.05) is 17.7 Å². The molecular formula is C15H14F2N2O2. The van der Waals surface area contributed by atoms with E-state index < -0.39 is 17.7 Å². The maximum atomic E-state index is 13.0. The summed E-state index contributed by atoms with van der Waals surface area (Å²) in [5, 5.41) is 4.97. The third-order valence-electron chi connectivity index (χ3n) is 2.80. The van der Waals surface area contributed by atoms with Crippen LogP contribution >= 0.6 is 0 Å². The molecule has 0 spiro atoms. The summed E-state index contributed by atoms with van der Waals surface area (Å²) in [6, 6.07) is 7.35. The minimum Gasteiger partial charge on any atom is -0.497 e. The Bertz CT molecular complexity index is 654. The molecule has 4 nitrogen and oxygen atoms in total. The molecule has 0 heterocycles. The highest BCUT2D eigenvalue weighted by atomic mass is 19.1. The van der Waals surface area contributed by atoms with Gasteiger partial charge in [-0.05, 0) is 42.8 Å². The van der Waals surface area contributed by atoms with Crippen molar-refractivity contribution in [1.82, 2.24) is 0 Å². The van der Waals surface area contributed by atoms with Crippen LogP contribution in [0.5, 0.6) is 5.75 Å². The summed E-state index contributed by atoms with van der Waals surface area (Å²) in [6.07, 6.45) is 0. The molecule has 0 bridgehead atoms. The molecule has 0 atom stereocenters. The molecule has 2 amide bonds. The number of carbonyl (C=O) groups excluding carboxylic acids is 1. The topological polar surface area (TPSA) is 50.4 Å². The van der Waals surface area contributed by atoms with Gasteiger partial charge in [-0.2, -0.15) is 0 Å². The minimum absolute atomic E-state index is 0.0381. The highest BCUT2D eigenvalue weighted by Gasteiger charge is 2.07. The normalized spacial score (nSPS) is 10.1. The Hall–Kier alpha value is -2.63. The summed E-state index contributed by atoms with van der Waals surface area (Å²) in [5.41, 5.74) is 1.41. The SMILES string of the molecule is COc1ccc(NC(=O)Nc2cc(F)cc(F)c2)c(C)c1. The van der Waals surface area contributed by atoms with E-state index in [2.05, 4.69) is 10.6 Å². The van der Waals surface area contributed by atoms with Crippen molar-refractivity contribution < 1.29 is 18.3 Å². The van der Waals surface area contributed by atoms with E-state index in [4.69, 9.17) is 4.74 Å². The first-order valence-electron chi connectivity index (χ1n) is 6.16. The second-order valence-electron chi connectivity index (χ2n) is 4.42. The summed E-state index contributed by atoms with van der Waals surface area (Å²) in [4.78, 5) is 11.8. The average Bonchev–Trinajstić information content (AvgIpc) is 2.39. The molecule has 0 fully saturated rings. The van der Waals surface area contributed by atoms with E-state index in [1.807, 2.05) is 0 Å². The molecule has 110 valence electrons. The van der Waals surface area contributed by atoms with E-state index in [1.54, 1.807) is 32.2 Å². The highest BCUT2D eigenvalue weighted by molar-refractivity contribution is 6.00. The van der Waals surface area contributed by atoms with Gasteiger partial charge in [-0.1, -0.05) is 0 Å². The molecule has 6 heteroatoms. The van der Waals surface area contributed by atoms with Crippen LogP contribution in [-0.4, -0.2) is 13.1 Å². The molecule has 0 unspecified atom stereocenters. The van der Waals surface area contributed by atoms with Gasteiger partial charge in [0.25, 0.3) is 0 Å². The number of hydrogen-bond donors (Lipinski definition) is 2. The number of hydrogen-bond acceptors (Lipinski definition) is 2. The largest absolute Gasteiger partial charge is 0.497 e. The minimum atomic E-state index is -0.758. The lowest BCUT2D eigenvalue weighted by Gasteiger charge is -2.11. The number of nitrogens with one attached hydrogen (secondary N) is 2. The Morgan fingerprint density at radius 1 is 1.05 bits per heavy atom. The van der Waals surface area contributed by atoms with Crippen molar-refractivity contribution in [2.45, 2.75) is 6.92 Å².